The van der Waals surface area contributed by atoms with Crippen molar-refractivity contribution in [2.24, 2.45) is 0 Å². The molecule has 5 rings (SSSR count). The van der Waals surface area contributed by atoms with Crippen LogP contribution in [0.15, 0.2) is 71.7 Å². The Morgan fingerprint density at radius 3 is 2.11 bits per heavy atom. The van der Waals surface area contributed by atoms with E-state index in [-0.39, 0.29) is 29.2 Å². The fourth-order valence-corrected chi connectivity index (χ4v) is 4.66. The van der Waals surface area contributed by atoms with Gasteiger partial charge in [-0.25, -0.2) is 4.39 Å². The Hall–Kier alpha value is -4.26. The van der Waals surface area contributed by atoms with Crippen LogP contribution in [0.2, 0.25) is 0 Å². The topological polar surface area (TPSA) is 68.6 Å². The van der Waals surface area contributed by atoms with Crippen LogP contribution >= 0.6 is 0 Å². The maximum atomic E-state index is 14.9. The number of nitrogens with zero attached hydrogens (tertiary/aromatic N) is 2. The molecule has 0 saturated heterocycles. The molecule has 1 aliphatic heterocycles. The number of benzene rings is 3. The number of ether oxygens (including phenoxy) is 1. The van der Waals surface area contributed by atoms with Crippen LogP contribution in [0.1, 0.15) is 32.7 Å². The van der Waals surface area contributed by atoms with Crippen molar-refractivity contribution in [1.29, 1.82) is 0 Å². The van der Waals surface area contributed by atoms with Gasteiger partial charge in [0.05, 0.1) is 29.1 Å². The van der Waals surface area contributed by atoms with Crippen LogP contribution in [0.3, 0.4) is 0 Å². The van der Waals surface area contributed by atoms with E-state index in [1.807, 2.05) is 11.5 Å². The number of rotatable bonds is 6. The molecule has 176 valence electrons. The highest BCUT2D eigenvalue weighted by molar-refractivity contribution is 6.21. The predicted octanol–water partition coefficient (Wildman–Crippen LogP) is 4.81. The summed E-state index contributed by atoms with van der Waals surface area (Å²) in [4.78, 5) is 40.0. The molecule has 3 aromatic carbocycles. The molecule has 6 nitrogen and oxygen atoms in total. The zero-order valence-electron chi connectivity index (χ0n) is 19.4. The summed E-state index contributed by atoms with van der Waals surface area (Å²) in [5.74, 6) is -0.550. The van der Waals surface area contributed by atoms with Gasteiger partial charge in [-0.05, 0) is 54.8 Å². The van der Waals surface area contributed by atoms with E-state index in [2.05, 4.69) is 0 Å². The minimum absolute atomic E-state index is 0.0269. The van der Waals surface area contributed by atoms with Crippen LogP contribution in [0.5, 0.6) is 5.75 Å². The average Bonchev–Trinajstić information content (AvgIpc) is 3.12. The van der Waals surface area contributed by atoms with Gasteiger partial charge in [0.1, 0.15) is 11.6 Å². The average molecular weight is 471 g/mol. The summed E-state index contributed by atoms with van der Waals surface area (Å²) in [5.41, 5.74) is 2.72. The highest BCUT2D eigenvalue weighted by Crippen LogP contribution is 2.27. The zero-order valence-corrected chi connectivity index (χ0v) is 19.4. The summed E-state index contributed by atoms with van der Waals surface area (Å²) in [7, 11) is 1.56. The molecule has 0 saturated carbocycles. The van der Waals surface area contributed by atoms with Gasteiger partial charge in [-0.15, -0.1) is 0 Å². The second kappa shape index (κ2) is 8.83. The molecule has 1 aliphatic rings. The van der Waals surface area contributed by atoms with E-state index in [0.717, 1.165) is 5.56 Å². The van der Waals surface area contributed by atoms with Crippen LogP contribution in [0.25, 0.3) is 22.0 Å². The summed E-state index contributed by atoms with van der Waals surface area (Å²) in [6.07, 6.45) is 2.17. The third-order valence-corrected chi connectivity index (χ3v) is 6.43. The Balaban J connectivity index is 1.50. The van der Waals surface area contributed by atoms with Gasteiger partial charge in [-0.3, -0.25) is 19.3 Å². The minimum atomic E-state index is -0.583. The number of hydrogen-bond donors (Lipinski definition) is 0. The lowest BCUT2D eigenvalue weighted by atomic mass is 10.0. The number of carbonyl (C=O) groups excluding carboxylic acids is 2. The van der Waals surface area contributed by atoms with Crippen LogP contribution in [0.4, 0.5) is 4.39 Å². The van der Waals surface area contributed by atoms with Gasteiger partial charge in [0.15, 0.2) is 5.43 Å². The lowest BCUT2D eigenvalue weighted by molar-refractivity contribution is 0.0651. The van der Waals surface area contributed by atoms with Crippen molar-refractivity contribution in [2.75, 3.05) is 13.7 Å². The molecule has 0 N–H and O–H groups in total. The fraction of sp³-hybridized carbons (Fsp3) is 0.179. The van der Waals surface area contributed by atoms with Crippen molar-refractivity contribution in [1.82, 2.24) is 9.47 Å². The molecule has 0 spiro atoms. The molecular weight excluding hydrogens is 447 g/mol. The lowest BCUT2D eigenvalue weighted by Gasteiger charge is -2.18. The van der Waals surface area contributed by atoms with Gasteiger partial charge in [-0.1, -0.05) is 30.3 Å². The number of hydrogen-bond acceptors (Lipinski definition) is 4. The number of imide groups is 1. The van der Waals surface area contributed by atoms with Crippen LogP contribution in [-0.2, 0) is 6.54 Å². The monoisotopic (exact) mass is 470 g/mol. The van der Waals surface area contributed by atoms with E-state index < -0.39 is 5.82 Å². The van der Waals surface area contributed by atoms with Crippen molar-refractivity contribution >= 4 is 22.7 Å². The van der Waals surface area contributed by atoms with Gasteiger partial charge in [0.2, 0.25) is 0 Å². The number of amides is 2. The molecule has 0 bridgehead atoms. The second-order valence-electron chi connectivity index (χ2n) is 8.54. The number of methoxy groups -OCH3 is 1. The SMILES string of the molecule is COc1ccc(-c2cn(CCCN3C(=O)c4ccccc4C3=O)c3c(C)ccc(F)c3c2=O)cc1. The van der Waals surface area contributed by atoms with E-state index in [9.17, 15) is 18.8 Å². The van der Waals surface area contributed by atoms with Gasteiger partial charge >= 0.3 is 0 Å². The molecule has 2 amide bonds. The third kappa shape index (κ3) is 3.79. The van der Waals surface area contributed by atoms with Crippen molar-refractivity contribution in [3.63, 3.8) is 0 Å². The summed E-state index contributed by atoms with van der Waals surface area (Å²) >= 11 is 0. The van der Waals surface area contributed by atoms with Crippen LogP contribution in [0, 0.1) is 12.7 Å². The normalized spacial score (nSPS) is 12.9. The quantitative estimate of drug-likeness (QED) is 0.379. The van der Waals surface area contributed by atoms with Gasteiger partial charge in [-0.2, -0.15) is 0 Å². The fourth-order valence-electron chi connectivity index (χ4n) is 4.66. The van der Waals surface area contributed by atoms with Gasteiger partial charge < -0.3 is 9.30 Å². The molecule has 0 unspecified atom stereocenters. The number of pyridine rings is 1. The Bertz CT molecular complexity index is 1500. The molecule has 0 radical (unpaired) electrons. The number of halogens is 1. The third-order valence-electron chi connectivity index (χ3n) is 6.43. The molecule has 1 aromatic heterocycles. The molecule has 2 heterocycles. The highest BCUT2D eigenvalue weighted by Gasteiger charge is 2.34. The van der Waals surface area contributed by atoms with E-state index >= 15 is 0 Å². The lowest BCUT2D eigenvalue weighted by Crippen LogP contribution is -2.31. The highest BCUT2D eigenvalue weighted by atomic mass is 19.1. The van der Waals surface area contributed by atoms with Crippen molar-refractivity contribution in [3.05, 3.63) is 99.6 Å². The summed E-state index contributed by atoms with van der Waals surface area (Å²) < 4.78 is 22.0. The molecule has 35 heavy (non-hydrogen) atoms. The summed E-state index contributed by atoms with van der Waals surface area (Å²) in [6.45, 7) is 2.43. The molecule has 4 aromatic rings. The Kier molecular flexibility index (Phi) is 5.68. The van der Waals surface area contributed by atoms with Crippen LogP contribution < -0.4 is 10.2 Å². The van der Waals surface area contributed by atoms with Crippen molar-refractivity contribution < 1.29 is 18.7 Å². The van der Waals surface area contributed by atoms with E-state index in [0.29, 0.717) is 46.5 Å². The van der Waals surface area contributed by atoms with E-state index in [4.69, 9.17) is 4.74 Å². The molecule has 0 fully saturated rings. The van der Waals surface area contributed by atoms with Crippen LogP contribution in [-0.4, -0.2) is 34.9 Å². The Labute approximate surface area is 201 Å². The first-order chi connectivity index (χ1) is 16.9. The number of carbonyl (C=O) groups is 2. The smallest absolute Gasteiger partial charge is 0.261 e. The Morgan fingerprint density at radius 2 is 1.49 bits per heavy atom. The zero-order chi connectivity index (χ0) is 24.7. The molecule has 0 aliphatic carbocycles. The maximum absolute atomic E-state index is 14.9. The first-order valence-corrected chi connectivity index (χ1v) is 11.3. The van der Waals surface area contributed by atoms with Crippen molar-refractivity contribution in [2.45, 2.75) is 19.9 Å². The Morgan fingerprint density at radius 1 is 0.829 bits per heavy atom. The molecule has 0 atom stereocenters. The maximum Gasteiger partial charge on any atom is 0.261 e. The number of fused-ring (bicyclic) bond motifs is 2. The standard InChI is InChI=1S/C28H23FN2O4/c1-17-8-13-23(29)24-25(17)30(16-22(26(24)32)18-9-11-19(35-2)12-10-18)14-5-15-31-27(33)20-6-3-4-7-21(20)28(31)34/h3-4,6-13,16H,5,14-15H2,1-2H3. The summed E-state index contributed by atoms with van der Waals surface area (Å²) in [6, 6.07) is 16.7. The largest absolute Gasteiger partial charge is 0.497 e. The first-order valence-electron chi connectivity index (χ1n) is 11.3. The second-order valence-corrected chi connectivity index (χ2v) is 8.54. The number of aromatic nitrogens is 1. The van der Waals surface area contributed by atoms with E-state index in [1.54, 1.807) is 67.9 Å². The van der Waals surface area contributed by atoms with Gasteiger partial charge in [0, 0.05) is 24.8 Å². The molecule has 7 heteroatoms. The minimum Gasteiger partial charge on any atom is -0.497 e. The summed E-state index contributed by atoms with van der Waals surface area (Å²) in [5, 5.41) is 0.0269. The number of aryl methyl sites for hydroxylation is 2. The van der Waals surface area contributed by atoms with Gasteiger partial charge in [0.25, 0.3) is 11.8 Å². The molecular formula is C28H23FN2O4. The predicted molar refractivity (Wildman–Crippen MR) is 131 cm³/mol. The van der Waals surface area contributed by atoms with E-state index in [1.165, 1.54) is 11.0 Å². The first kappa shape index (κ1) is 22.5. The van der Waals surface area contributed by atoms with Crippen molar-refractivity contribution in [3.8, 4) is 16.9 Å².